The first kappa shape index (κ1) is 17.8. The number of amides is 1. The van der Waals surface area contributed by atoms with E-state index >= 15 is 0 Å². The van der Waals surface area contributed by atoms with Crippen LogP contribution in [0.15, 0.2) is 59.5 Å². The summed E-state index contributed by atoms with van der Waals surface area (Å²) in [6.45, 7) is 1.55. The zero-order chi connectivity index (χ0) is 18.9. The normalized spacial score (nSPS) is 11.5. The predicted molar refractivity (Wildman–Crippen MR) is 101 cm³/mol. The van der Waals surface area contributed by atoms with E-state index in [9.17, 15) is 13.2 Å². The Labute approximate surface area is 151 Å². The molecule has 4 N–H and O–H groups in total. The van der Waals surface area contributed by atoms with Crippen LogP contribution in [0.1, 0.15) is 12.5 Å². The van der Waals surface area contributed by atoms with Crippen molar-refractivity contribution in [3.8, 4) is 0 Å². The molecular weight excluding hydrogens is 352 g/mol. The van der Waals surface area contributed by atoms with Crippen molar-refractivity contribution in [2.45, 2.75) is 18.4 Å². The largest absolute Gasteiger partial charge is 0.384 e. The fourth-order valence-corrected chi connectivity index (χ4v) is 3.48. The van der Waals surface area contributed by atoms with Gasteiger partial charge in [0.2, 0.25) is 15.9 Å². The Morgan fingerprint density at radius 1 is 1.12 bits per heavy atom. The molecule has 0 unspecified atom stereocenters. The molecule has 26 heavy (non-hydrogen) atoms. The molecule has 0 saturated heterocycles. The lowest BCUT2D eigenvalue weighted by molar-refractivity contribution is -0.116. The van der Waals surface area contributed by atoms with Crippen molar-refractivity contribution in [2.75, 3.05) is 10.6 Å². The first-order valence-corrected chi connectivity index (χ1v) is 9.35. The number of pyridine rings is 1. The number of benzene rings is 2. The number of para-hydroxylation sites is 1. The summed E-state index contributed by atoms with van der Waals surface area (Å²) in [4.78, 5) is 17.7. The van der Waals surface area contributed by atoms with Crippen LogP contribution in [0.2, 0.25) is 0 Å². The van der Waals surface area contributed by atoms with Gasteiger partial charge in [-0.1, -0.05) is 24.3 Å². The number of sulfonamides is 1. The molecule has 0 aliphatic rings. The predicted octanol–water partition coefficient (Wildman–Crippen LogP) is 2.02. The molecule has 0 fully saturated rings. The molecule has 0 atom stereocenters. The zero-order valence-corrected chi connectivity index (χ0v) is 14.9. The van der Waals surface area contributed by atoms with Crippen molar-refractivity contribution in [3.63, 3.8) is 0 Å². The van der Waals surface area contributed by atoms with Crippen LogP contribution in [0.4, 0.5) is 11.5 Å². The number of primary sulfonamides is 1. The highest BCUT2D eigenvalue weighted by Crippen LogP contribution is 2.26. The molecule has 0 saturated carbocycles. The molecule has 7 nitrogen and oxygen atoms in total. The van der Waals surface area contributed by atoms with E-state index in [0.29, 0.717) is 11.3 Å². The van der Waals surface area contributed by atoms with Crippen LogP contribution < -0.4 is 15.8 Å². The fraction of sp³-hybridized carbons (Fsp3) is 0.111. The van der Waals surface area contributed by atoms with E-state index in [0.717, 1.165) is 10.9 Å². The number of aromatic nitrogens is 1. The van der Waals surface area contributed by atoms with E-state index < -0.39 is 10.0 Å². The Morgan fingerprint density at radius 2 is 1.81 bits per heavy atom. The molecule has 0 aliphatic heterocycles. The summed E-state index contributed by atoms with van der Waals surface area (Å²) in [5.74, 6) is 0.0966. The molecule has 3 rings (SSSR count). The summed E-state index contributed by atoms with van der Waals surface area (Å²) in [5.41, 5.74) is 7.45. The number of carbonyl (C=O) groups is 1. The van der Waals surface area contributed by atoms with Gasteiger partial charge in [0.25, 0.3) is 0 Å². The molecular formula is C18H18N4O3S. The number of fused-ring (bicyclic) bond motifs is 1. The topological polar surface area (TPSA) is 119 Å². The minimum Gasteiger partial charge on any atom is -0.384 e. The maximum absolute atomic E-state index is 12.2. The monoisotopic (exact) mass is 370 g/mol. The molecule has 0 spiro atoms. The Kier molecular flexibility index (Phi) is 4.62. The van der Waals surface area contributed by atoms with Gasteiger partial charge >= 0.3 is 0 Å². The second-order valence-electron chi connectivity index (χ2n) is 5.88. The summed E-state index contributed by atoms with van der Waals surface area (Å²) in [5, 5.41) is 6.21. The molecule has 1 aromatic heterocycles. The van der Waals surface area contributed by atoms with E-state index in [1.54, 1.807) is 24.3 Å². The lowest BCUT2D eigenvalue weighted by Gasteiger charge is -2.23. The van der Waals surface area contributed by atoms with E-state index in [1.807, 2.05) is 24.3 Å². The number of carbonyl (C=O) groups excluding carboxylic acids is 1. The maximum atomic E-state index is 12.2. The van der Waals surface area contributed by atoms with Gasteiger partial charge in [-0.25, -0.2) is 18.5 Å². The number of nitrogens with two attached hydrogens (primary N) is 2. The molecule has 0 bridgehead atoms. The van der Waals surface area contributed by atoms with Gasteiger partial charge < -0.3 is 10.6 Å². The van der Waals surface area contributed by atoms with Crippen molar-refractivity contribution in [3.05, 3.63) is 60.2 Å². The fourth-order valence-electron chi connectivity index (χ4n) is 2.75. The number of nitrogens with zero attached hydrogens (tertiary/aromatic N) is 2. The van der Waals surface area contributed by atoms with Gasteiger partial charge in [0, 0.05) is 12.3 Å². The number of hydrogen-bond donors (Lipinski definition) is 2. The van der Waals surface area contributed by atoms with Gasteiger partial charge in [-0.15, -0.1) is 0 Å². The lowest BCUT2D eigenvalue weighted by atomic mass is 10.1. The van der Waals surface area contributed by atoms with Gasteiger partial charge in [-0.05, 0) is 35.9 Å². The summed E-state index contributed by atoms with van der Waals surface area (Å²) in [6, 6.07) is 15.3. The Morgan fingerprint density at radius 3 is 2.50 bits per heavy atom. The van der Waals surface area contributed by atoms with Crippen LogP contribution in [-0.4, -0.2) is 19.3 Å². The SMILES string of the molecule is CC(=O)N(Cc1ccc2ccc(N)nc2c1)c1ccccc1S(N)(=O)=O. The minimum atomic E-state index is -3.97. The van der Waals surface area contributed by atoms with E-state index in [1.165, 1.54) is 17.9 Å². The smallest absolute Gasteiger partial charge is 0.240 e. The van der Waals surface area contributed by atoms with Crippen molar-refractivity contribution in [1.29, 1.82) is 0 Å². The number of anilines is 2. The van der Waals surface area contributed by atoms with Gasteiger partial charge in [-0.3, -0.25) is 4.79 Å². The molecule has 1 amide bonds. The van der Waals surface area contributed by atoms with Crippen LogP contribution in [0.3, 0.4) is 0 Å². The van der Waals surface area contributed by atoms with Gasteiger partial charge in [0.1, 0.15) is 10.7 Å². The summed E-state index contributed by atoms with van der Waals surface area (Å²) >= 11 is 0. The molecule has 0 radical (unpaired) electrons. The second-order valence-corrected chi connectivity index (χ2v) is 7.41. The van der Waals surface area contributed by atoms with E-state index in [4.69, 9.17) is 10.9 Å². The van der Waals surface area contributed by atoms with Crippen LogP contribution in [0.25, 0.3) is 10.9 Å². The third-order valence-corrected chi connectivity index (χ3v) is 4.92. The van der Waals surface area contributed by atoms with Crippen molar-refractivity contribution in [2.24, 2.45) is 5.14 Å². The Balaban J connectivity index is 2.05. The Bertz CT molecular complexity index is 1100. The molecule has 0 aliphatic carbocycles. The average molecular weight is 370 g/mol. The van der Waals surface area contributed by atoms with Crippen molar-refractivity contribution in [1.82, 2.24) is 4.98 Å². The summed E-state index contributed by atoms with van der Waals surface area (Å²) in [6.07, 6.45) is 0. The summed E-state index contributed by atoms with van der Waals surface area (Å²) in [7, 11) is -3.97. The summed E-state index contributed by atoms with van der Waals surface area (Å²) < 4.78 is 23.7. The van der Waals surface area contributed by atoms with E-state index in [2.05, 4.69) is 4.98 Å². The van der Waals surface area contributed by atoms with Crippen LogP contribution >= 0.6 is 0 Å². The second kappa shape index (κ2) is 6.74. The molecule has 1 heterocycles. The molecule has 3 aromatic rings. The maximum Gasteiger partial charge on any atom is 0.240 e. The molecule has 8 heteroatoms. The van der Waals surface area contributed by atoms with E-state index in [-0.39, 0.29) is 23.0 Å². The number of nitrogen functional groups attached to an aromatic ring is 1. The van der Waals surface area contributed by atoms with Crippen LogP contribution in [-0.2, 0) is 21.4 Å². The third kappa shape index (κ3) is 3.66. The molecule has 134 valence electrons. The highest BCUT2D eigenvalue weighted by atomic mass is 32.2. The number of rotatable bonds is 4. The van der Waals surface area contributed by atoms with Crippen molar-refractivity contribution >= 4 is 38.3 Å². The average Bonchev–Trinajstić information content (AvgIpc) is 2.58. The quantitative estimate of drug-likeness (QED) is 0.728. The van der Waals surface area contributed by atoms with Gasteiger partial charge in [-0.2, -0.15) is 0 Å². The highest BCUT2D eigenvalue weighted by molar-refractivity contribution is 7.89. The van der Waals surface area contributed by atoms with Crippen LogP contribution in [0.5, 0.6) is 0 Å². The first-order chi connectivity index (χ1) is 12.3. The van der Waals surface area contributed by atoms with Crippen molar-refractivity contribution < 1.29 is 13.2 Å². The van der Waals surface area contributed by atoms with Crippen LogP contribution in [0, 0.1) is 0 Å². The number of hydrogen-bond acceptors (Lipinski definition) is 5. The van der Waals surface area contributed by atoms with Gasteiger partial charge in [0.05, 0.1) is 17.7 Å². The highest BCUT2D eigenvalue weighted by Gasteiger charge is 2.21. The first-order valence-electron chi connectivity index (χ1n) is 7.81. The minimum absolute atomic E-state index is 0.0987. The zero-order valence-electron chi connectivity index (χ0n) is 14.1. The molecule has 2 aromatic carbocycles. The van der Waals surface area contributed by atoms with Gasteiger partial charge in [0.15, 0.2) is 0 Å². The Hall–Kier alpha value is -2.97. The standard InChI is InChI=1S/C18H18N4O3S/c1-12(23)22(16-4-2-3-5-17(16)26(20,24)25)11-13-6-7-14-8-9-18(19)21-15(14)10-13/h2-10H,11H2,1H3,(H2,19,21)(H2,20,24,25). The lowest BCUT2D eigenvalue weighted by Crippen LogP contribution is -2.30. The third-order valence-electron chi connectivity index (χ3n) is 3.96.